The van der Waals surface area contributed by atoms with Crippen LogP contribution in [0.2, 0.25) is 5.02 Å². The number of thioether (sulfide) groups is 1. The van der Waals surface area contributed by atoms with Crippen molar-refractivity contribution in [1.29, 1.82) is 0 Å². The third-order valence-corrected chi connectivity index (χ3v) is 5.35. The van der Waals surface area contributed by atoms with Gasteiger partial charge in [-0.05, 0) is 16.4 Å². The maximum absolute atomic E-state index is 12.7. The van der Waals surface area contributed by atoms with Crippen molar-refractivity contribution in [2.24, 2.45) is 12.1 Å². The lowest BCUT2D eigenvalue weighted by Crippen LogP contribution is -2.20. The molecule has 0 aliphatic carbocycles. The second kappa shape index (κ2) is 8.93. The molecule has 0 bridgehead atoms. The molecule has 0 saturated heterocycles. The highest BCUT2D eigenvalue weighted by atomic mass is 35.5. The number of aryl methyl sites for hydroxylation is 1. The number of anilines is 1. The van der Waals surface area contributed by atoms with Gasteiger partial charge in [0.1, 0.15) is 6.33 Å². The minimum Gasteiger partial charge on any atom is -0.378 e. The van der Waals surface area contributed by atoms with Gasteiger partial charge in [-0.2, -0.15) is 9.78 Å². The number of nitrogens with two attached hydrogens (primary N) is 1. The highest BCUT2D eigenvalue weighted by molar-refractivity contribution is 7.98. The van der Waals surface area contributed by atoms with Gasteiger partial charge in [-0.15, -0.1) is 15.3 Å². The molecule has 13 nitrogen and oxygen atoms in total. The van der Waals surface area contributed by atoms with E-state index in [4.69, 9.17) is 17.3 Å². The van der Waals surface area contributed by atoms with Crippen LogP contribution in [0.25, 0.3) is 5.82 Å². The van der Waals surface area contributed by atoms with Crippen molar-refractivity contribution >= 4 is 41.3 Å². The van der Waals surface area contributed by atoms with Crippen LogP contribution >= 0.6 is 23.4 Å². The number of carbonyl (C=O) groups is 1. The Hall–Kier alpha value is -3.78. The predicted molar refractivity (Wildman–Crippen MR) is 111 cm³/mol. The Morgan fingerprint density at radius 3 is 2.90 bits per heavy atom. The summed E-state index contributed by atoms with van der Waals surface area (Å²) in [4.78, 5) is 12.7. The van der Waals surface area contributed by atoms with Crippen LogP contribution < -0.4 is 11.2 Å². The fourth-order valence-corrected chi connectivity index (χ4v) is 3.51. The number of hydrogen-bond acceptors (Lipinski definition) is 11. The van der Waals surface area contributed by atoms with E-state index in [0.29, 0.717) is 21.4 Å². The van der Waals surface area contributed by atoms with Crippen molar-refractivity contribution in [3.05, 3.63) is 52.6 Å². The van der Waals surface area contributed by atoms with E-state index in [2.05, 4.69) is 46.0 Å². The molecule has 158 valence electrons. The number of carbonyl (C=O) groups excluding carboxylic acids is 1. The van der Waals surface area contributed by atoms with Gasteiger partial charge in [-0.3, -0.25) is 4.79 Å². The van der Waals surface area contributed by atoms with Crippen molar-refractivity contribution in [1.82, 2.24) is 45.5 Å². The van der Waals surface area contributed by atoms with Crippen LogP contribution in [-0.4, -0.2) is 52.2 Å². The standard InChI is InChI=1S/C16H14ClN11O2S/c1-27-8-20-23-16(27)31-7-11-12(21-26-28(11)14-13(18)24-30-25-14)15(29)22-19-6-9-4-2-3-5-10(9)17/h2-6,8H,7H2,1H3,(H2,18,24)(H,22,29). The Labute approximate surface area is 183 Å². The number of hydrogen-bond donors (Lipinski definition) is 2. The average Bonchev–Trinajstić information content (AvgIpc) is 3.47. The van der Waals surface area contributed by atoms with Gasteiger partial charge in [0.2, 0.25) is 11.6 Å². The van der Waals surface area contributed by atoms with E-state index in [1.165, 1.54) is 22.7 Å². The fraction of sp³-hybridized carbons (Fsp3) is 0.125. The van der Waals surface area contributed by atoms with Crippen LogP contribution in [0.4, 0.5) is 5.82 Å². The molecular weight excluding hydrogens is 446 g/mol. The van der Waals surface area contributed by atoms with Crippen LogP contribution in [0, 0.1) is 0 Å². The van der Waals surface area contributed by atoms with Gasteiger partial charge in [-0.1, -0.05) is 46.8 Å². The number of hydrazone groups is 1. The lowest BCUT2D eigenvalue weighted by atomic mass is 10.2. The minimum atomic E-state index is -0.585. The summed E-state index contributed by atoms with van der Waals surface area (Å²) < 4.78 is 7.65. The Balaban J connectivity index is 1.59. The molecule has 4 aromatic rings. The highest BCUT2D eigenvalue weighted by Crippen LogP contribution is 2.24. The van der Waals surface area contributed by atoms with Crippen molar-refractivity contribution in [3.63, 3.8) is 0 Å². The quantitative estimate of drug-likeness (QED) is 0.231. The molecule has 0 saturated carbocycles. The van der Waals surface area contributed by atoms with Crippen LogP contribution in [0.15, 0.2) is 45.5 Å². The number of nitrogen functional groups attached to an aromatic ring is 1. The number of halogens is 1. The van der Waals surface area contributed by atoms with E-state index >= 15 is 0 Å². The van der Waals surface area contributed by atoms with Crippen LogP contribution in [-0.2, 0) is 12.8 Å². The molecule has 0 fully saturated rings. The molecule has 0 aliphatic rings. The molecule has 15 heteroatoms. The average molecular weight is 460 g/mol. The third kappa shape index (κ3) is 4.39. The van der Waals surface area contributed by atoms with Crippen molar-refractivity contribution < 1.29 is 9.42 Å². The van der Waals surface area contributed by atoms with Gasteiger partial charge < -0.3 is 10.3 Å². The molecule has 1 aromatic carbocycles. The summed E-state index contributed by atoms with van der Waals surface area (Å²) in [7, 11) is 1.80. The number of amides is 1. The van der Waals surface area contributed by atoms with Gasteiger partial charge >= 0.3 is 0 Å². The molecule has 31 heavy (non-hydrogen) atoms. The lowest BCUT2D eigenvalue weighted by Gasteiger charge is -2.05. The largest absolute Gasteiger partial charge is 0.378 e. The number of aromatic nitrogens is 8. The molecule has 0 radical (unpaired) electrons. The zero-order valence-electron chi connectivity index (χ0n) is 15.9. The number of benzene rings is 1. The van der Waals surface area contributed by atoms with Crippen molar-refractivity contribution in [3.8, 4) is 5.82 Å². The van der Waals surface area contributed by atoms with Crippen molar-refractivity contribution in [2.75, 3.05) is 5.73 Å². The summed E-state index contributed by atoms with van der Waals surface area (Å²) in [6, 6.07) is 7.08. The number of rotatable bonds is 7. The first kappa shape index (κ1) is 20.5. The molecular formula is C16H14ClN11O2S. The SMILES string of the molecule is Cn1cnnc1SCc1c(C(=O)NN=Cc2ccccc2Cl)nnn1-c1nonc1N. The smallest absolute Gasteiger partial charge is 0.293 e. The van der Waals surface area contributed by atoms with Gasteiger partial charge in [-0.25, -0.2) is 10.1 Å². The zero-order valence-corrected chi connectivity index (χ0v) is 17.4. The molecule has 3 aromatic heterocycles. The van der Waals surface area contributed by atoms with Crippen LogP contribution in [0.5, 0.6) is 0 Å². The summed E-state index contributed by atoms with van der Waals surface area (Å²) in [5.74, 6) is -0.223. The first-order valence-electron chi connectivity index (χ1n) is 8.62. The van der Waals surface area contributed by atoms with Crippen molar-refractivity contribution in [2.45, 2.75) is 10.9 Å². The van der Waals surface area contributed by atoms with Gasteiger partial charge in [0.05, 0.1) is 11.9 Å². The molecule has 0 unspecified atom stereocenters. The summed E-state index contributed by atoms with van der Waals surface area (Å²) in [6.45, 7) is 0. The zero-order chi connectivity index (χ0) is 21.8. The fourth-order valence-electron chi connectivity index (χ4n) is 2.44. The molecule has 3 heterocycles. The molecule has 1 amide bonds. The second-order valence-electron chi connectivity index (χ2n) is 6.00. The molecule has 3 N–H and O–H groups in total. The topological polar surface area (TPSA) is 168 Å². The Kier molecular flexibility index (Phi) is 5.90. The molecule has 0 spiro atoms. The summed E-state index contributed by atoms with van der Waals surface area (Å²) in [6.07, 6.45) is 2.99. The van der Waals surface area contributed by atoms with Gasteiger partial charge in [0, 0.05) is 23.4 Å². The second-order valence-corrected chi connectivity index (χ2v) is 7.35. The van der Waals surface area contributed by atoms with E-state index in [-0.39, 0.29) is 23.1 Å². The Bertz CT molecular complexity index is 1250. The van der Waals surface area contributed by atoms with E-state index in [1.807, 2.05) is 0 Å². The Morgan fingerprint density at radius 1 is 1.35 bits per heavy atom. The van der Waals surface area contributed by atoms with Crippen LogP contribution in [0.3, 0.4) is 0 Å². The monoisotopic (exact) mass is 459 g/mol. The molecule has 0 atom stereocenters. The van der Waals surface area contributed by atoms with Gasteiger partial charge in [0.25, 0.3) is 5.91 Å². The van der Waals surface area contributed by atoms with E-state index in [9.17, 15) is 4.79 Å². The maximum Gasteiger partial charge on any atom is 0.293 e. The van der Waals surface area contributed by atoms with Gasteiger partial charge in [0.15, 0.2) is 10.9 Å². The summed E-state index contributed by atoms with van der Waals surface area (Å²) >= 11 is 7.40. The lowest BCUT2D eigenvalue weighted by molar-refractivity contribution is 0.0949. The Morgan fingerprint density at radius 2 is 2.19 bits per heavy atom. The first-order valence-corrected chi connectivity index (χ1v) is 9.98. The molecule has 0 aliphatic heterocycles. The number of nitrogens with zero attached hydrogens (tertiary/aromatic N) is 9. The van der Waals surface area contributed by atoms with Crippen LogP contribution in [0.1, 0.15) is 21.7 Å². The predicted octanol–water partition coefficient (Wildman–Crippen LogP) is 1.07. The maximum atomic E-state index is 12.7. The number of nitrogens with one attached hydrogen (secondary N) is 1. The third-order valence-electron chi connectivity index (χ3n) is 3.96. The summed E-state index contributed by atoms with van der Waals surface area (Å²) in [5, 5.41) is 28.1. The minimum absolute atomic E-state index is 0.00138. The van der Waals surface area contributed by atoms with E-state index in [1.54, 1.807) is 42.2 Å². The highest BCUT2D eigenvalue weighted by Gasteiger charge is 2.24. The summed E-state index contributed by atoms with van der Waals surface area (Å²) in [5.41, 5.74) is 9.25. The van der Waals surface area contributed by atoms with E-state index in [0.717, 1.165) is 0 Å². The van der Waals surface area contributed by atoms with E-state index < -0.39 is 5.91 Å². The first-order chi connectivity index (χ1) is 15.0. The molecule has 4 rings (SSSR count). The normalized spacial score (nSPS) is 11.3.